The molecule has 2 aromatic rings. The molecule has 1 aromatic heterocycles. The lowest BCUT2D eigenvalue weighted by molar-refractivity contribution is 0.0839. The highest BCUT2D eigenvalue weighted by molar-refractivity contribution is 5.99. The molecule has 6 nitrogen and oxygen atoms in total. The van der Waals surface area contributed by atoms with Crippen LogP contribution >= 0.6 is 0 Å². The SMILES string of the molecule is O=C1CC(c2nn[nH]n2)Oc2ccccc21. The number of aromatic amines is 1. The van der Waals surface area contributed by atoms with Gasteiger partial charge in [-0.1, -0.05) is 17.3 Å². The topological polar surface area (TPSA) is 80.8 Å². The Morgan fingerprint density at radius 1 is 1.38 bits per heavy atom. The summed E-state index contributed by atoms with van der Waals surface area (Å²) in [5.41, 5.74) is 0.613. The molecule has 2 heterocycles. The van der Waals surface area contributed by atoms with Crippen LogP contribution in [-0.2, 0) is 0 Å². The summed E-state index contributed by atoms with van der Waals surface area (Å²) < 4.78 is 5.64. The zero-order chi connectivity index (χ0) is 11.0. The minimum Gasteiger partial charge on any atom is -0.481 e. The first-order valence-electron chi connectivity index (χ1n) is 4.87. The molecule has 1 unspecified atom stereocenters. The molecule has 1 aliphatic rings. The van der Waals surface area contributed by atoms with E-state index in [1.165, 1.54) is 0 Å². The zero-order valence-corrected chi connectivity index (χ0v) is 8.25. The molecule has 3 rings (SSSR count). The number of rotatable bonds is 1. The van der Waals surface area contributed by atoms with Gasteiger partial charge in [0.25, 0.3) is 0 Å². The molecule has 0 fully saturated rings. The number of nitrogens with zero attached hydrogens (tertiary/aromatic N) is 3. The molecular formula is C10H8N4O2. The molecule has 0 spiro atoms. The van der Waals surface area contributed by atoms with Gasteiger partial charge in [0.1, 0.15) is 5.75 Å². The van der Waals surface area contributed by atoms with Gasteiger partial charge in [-0.3, -0.25) is 4.79 Å². The van der Waals surface area contributed by atoms with Crippen LogP contribution in [0.2, 0.25) is 0 Å². The van der Waals surface area contributed by atoms with Crippen LogP contribution in [0.1, 0.15) is 28.7 Å². The van der Waals surface area contributed by atoms with Crippen molar-refractivity contribution in [1.82, 2.24) is 20.6 Å². The van der Waals surface area contributed by atoms with Crippen LogP contribution in [0.25, 0.3) is 0 Å². The number of nitrogens with one attached hydrogen (secondary N) is 1. The first kappa shape index (κ1) is 9.02. The molecule has 1 aliphatic heterocycles. The maximum absolute atomic E-state index is 11.8. The lowest BCUT2D eigenvalue weighted by Gasteiger charge is -2.22. The minimum absolute atomic E-state index is 0.0386. The lowest BCUT2D eigenvalue weighted by atomic mass is 10.0. The maximum atomic E-state index is 11.8. The molecule has 1 N–H and O–H groups in total. The summed E-state index contributed by atoms with van der Waals surface area (Å²) in [5.74, 6) is 1.02. The summed E-state index contributed by atoms with van der Waals surface area (Å²) in [7, 11) is 0. The number of ether oxygens (including phenoxy) is 1. The fourth-order valence-electron chi connectivity index (χ4n) is 1.72. The highest BCUT2D eigenvalue weighted by Crippen LogP contribution is 2.32. The number of carbonyl (C=O) groups is 1. The lowest BCUT2D eigenvalue weighted by Crippen LogP contribution is -2.21. The second-order valence-corrected chi connectivity index (χ2v) is 3.50. The summed E-state index contributed by atoms with van der Waals surface area (Å²) in [5, 5.41) is 13.4. The fourth-order valence-corrected chi connectivity index (χ4v) is 1.72. The van der Waals surface area contributed by atoms with Crippen molar-refractivity contribution < 1.29 is 9.53 Å². The van der Waals surface area contributed by atoms with Crippen LogP contribution in [0, 0.1) is 0 Å². The van der Waals surface area contributed by atoms with Gasteiger partial charge in [0, 0.05) is 0 Å². The van der Waals surface area contributed by atoms with E-state index < -0.39 is 6.10 Å². The Kier molecular flexibility index (Phi) is 1.92. The van der Waals surface area contributed by atoms with Crippen LogP contribution in [0.15, 0.2) is 24.3 Å². The van der Waals surface area contributed by atoms with Crippen LogP contribution in [0.5, 0.6) is 5.75 Å². The standard InChI is InChI=1S/C10H8N4O2/c15-7-5-9(10-11-13-14-12-10)16-8-4-2-1-3-6(7)8/h1-4,9H,5H2,(H,11,12,13,14). The van der Waals surface area contributed by atoms with Crippen molar-refractivity contribution in [3.05, 3.63) is 35.7 Å². The van der Waals surface area contributed by atoms with E-state index in [9.17, 15) is 4.79 Å². The molecule has 0 amide bonds. The predicted octanol–water partition coefficient (Wildman–Crippen LogP) is 0.906. The molecule has 16 heavy (non-hydrogen) atoms. The van der Waals surface area contributed by atoms with Crippen molar-refractivity contribution in [3.8, 4) is 5.75 Å². The number of benzene rings is 1. The number of hydrogen-bond acceptors (Lipinski definition) is 5. The average molecular weight is 216 g/mol. The predicted molar refractivity (Wildman–Crippen MR) is 52.9 cm³/mol. The second-order valence-electron chi connectivity index (χ2n) is 3.50. The Bertz CT molecular complexity index is 523. The van der Waals surface area contributed by atoms with Crippen LogP contribution in [0.4, 0.5) is 0 Å². The van der Waals surface area contributed by atoms with Crippen molar-refractivity contribution in [1.29, 1.82) is 0 Å². The number of para-hydroxylation sites is 1. The molecular weight excluding hydrogens is 208 g/mol. The Morgan fingerprint density at radius 2 is 2.25 bits per heavy atom. The monoisotopic (exact) mass is 216 g/mol. The Hall–Kier alpha value is -2.24. The number of ketones is 1. The molecule has 0 aliphatic carbocycles. The first-order chi connectivity index (χ1) is 7.84. The molecule has 0 saturated carbocycles. The van der Waals surface area contributed by atoms with E-state index in [4.69, 9.17) is 4.74 Å². The summed E-state index contributed by atoms with van der Waals surface area (Å²) >= 11 is 0. The molecule has 1 atom stereocenters. The molecule has 0 bridgehead atoms. The van der Waals surface area contributed by atoms with E-state index in [2.05, 4.69) is 20.6 Å². The molecule has 1 aromatic carbocycles. The smallest absolute Gasteiger partial charge is 0.215 e. The summed E-state index contributed by atoms with van der Waals surface area (Å²) in [6, 6.07) is 7.16. The van der Waals surface area contributed by atoms with Gasteiger partial charge in [-0.15, -0.1) is 10.2 Å². The summed E-state index contributed by atoms with van der Waals surface area (Å²) in [4.78, 5) is 11.8. The third kappa shape index (κ3) is 1.35. The van der Waals surface area contributed by atoms with E-state index in [1.807, 2.05) is 12.1 Å². The number of aromatic nitrogens is 4. The molecule has 80 valence electrons. The van der Waals surface area contributed by atoms with Gasteiger partial charge in [-0.25, -0.2) is 0 Å². The van der Waals surface area contributed by atoms with Gasteiger partial charge in [0.05, 0.1) is 12.0 Å². The Labute approximate surface area is 90.6 Å². The number of tetrazole rings is 1. The minimum atomic E-state index is -0.443. The highest BCUT2D eigenvalue weighted by Gasteiger charge is 2.29. The fraction of sp³-hybridized carbons (Fsp3) is 0.200. The van der Waals surface area contributed by atoms with Crippen LogP contribution in [0.3, 0.4) is 0 Å². The Balaban J connectivity index is 1.98. The van der Waals surface area contributed by atoms with Crippen molar-refractivity contribution in [2.75, 3.05) is 0 Å². The van der Waals surface area contributed by atoms with Gasteiger partial charge < -0.3 is 4.74 Å². The summed E-state index contributed by atoms with van der Waals surface area (Å²) in [6.07, 6.45) is -0.197. The zero-order valence-electron chi connectivity index (χ0n) is 8.25. The van der Waals surface area contributed by atoms with E-state index >= 15 is 0 Å². The van der Waals surface area contributed by atoms with E-state index in [-0.39, 0.29) is 12.2 Å². The van der Waals surface area contributed by atoms with E-state index in [0.29, 0.717) is 17.1 Å². The second kappa shape index (κ2) is 3.41. The van der Waals surface area contributed by atoms with Crippen molar-refractivity contribution in [2.24, 2.45) is 0 Å². The number of H-pyrrole nitrogens is 1. The third-order valence-corrected chi connectivity index (χ3v) is 2.48. The number of carbonyl (C=O) groups excluding carboxylic acids is 1. The molecule has 0 saturated heterocycles. The van der Waals surface area contributed by atoms with Gasteiger partial charge in [0.2, 0.25) is 5.82 Å². The average Bonchev–Trinajstić information content (AvgIpc) is 2.82. The number of fused-ring (bicyclic) bond motifs is 1. The normalized spacial score (nSPS) is 19.0. The molecule has 6 heteroatoms. The first-order valence-corrected chi connectivity index (χ1v) is 4.87. The van der Waals surface area contributed by atoms with Gasteiger partial charge in [0.15, 0.2) is 11.9 Å². The molecule has 0 radical (unpaired) electrons. The Morgan fingerprint density at radius 3 is 3.06 bits per heavy atom. The van der Waals surface area contributed by atoms with Gasteiger partial charge >= 0.3 is 0 Å². The van der Waals surface area contributed by atoms with Crippen molar-refractivity contribution in [2.45, 2.75) is 12.5 Å². The number of Topliss-reactive ketones (excluding diaryl/α,β-unsaturated/α-hetero) is 1. The van der Waals surface area contributed by atoms with Gasteiger partial charge in [-0.2, -0.15) is 5.21 Å². The highest BCUT2D eigenvalue weighted by atomic mass is 16.5. The van der Waals surface area contributed by atoms with E-state index in [1.54, 1.807) is 12.1 Å². The van der Waals surface area contributed by atoms with Crippen molar-refractivity contribution in [3.63, 3.8) is 0 Å². The van der Waals surface area contributed by atoms with Gasteiger partial charge in [-0.05, 0) is 12.1 Å². The summed E-state index contributed by atoms with van der Waals surface area (Å²) in [6.45, 7) is 0. The number of hydrogen-bond donors (Lipinski definition) is 1. The largest absolute Gasteiger partial charge is 0.481 e. The van der Waals surface area contributed by atoms with Crippen LogP contribution < -0.4 is 4.74 Å². The van der Waals surface area contributed by atoms with E-state index in [0.717, 1.165) is 0 Å². The van der Waals surface area contributed by atoms with Crippen molar-refractivity contribution >= 4 is 5.78 Å². The quantitative estimate of drug-likeness (QED) is 0.766. The third-order valence-electron chi connectivity index (χ3n) is 2.48. The maximum Gasteiger partial charge on any atom is 0.215 e. The van der Waals surface area contributed by atoms with Crippen LogP contribution in [-0.4, -0.2) is 26.4 Å².